The Morgan fingerprint density at radius 2 is 1.95 bits per heavy atom. The summed E-state index contributed by atoms with van der Waals surface area (Å²) in [6, 6.07) is 3.91. The van der Waals surface area contributed by atoms with Crippen molar-refractivity contribution in [2.75, 3.05) is 13.1 Å². The largest absolute Gasteiger partial charge is 0.296 e. The zero-order valence-electron chi connectivity index (χ0n) is 12.0. The third-order valence-corrected chi connectivity index (χ3v) is 4.14. The first-order valence-electron chi connectivity index (χ1n) is 7.21. The molecule has 0 atom stereocenters. The highest BCUT2D eigenvalue weighted by Crippen LogP contribution is 2.18. The van der Waals surface area contributed by atoms with Crippen LogP contribution < -0.4 is 0 Å². The topological polar surface area (TPSA) is 38.9 Å². The van der Waals surface area contributed by atoms with Gasteiger partial charge in [0.05, 0.1) is 6.67 Å². The SMILES string of the molecule is C=CCn1c(-c2ccncc2)nn(CN2CCCC2)c1=S. The molecule has 110 valence electrons. The summed E-state index contributed by atoms with van der Waals surface area (Å²) in [5.74, 6) is 0.876. The van der Waals surface area contributed by atoms with Gasteiger partial charge in [-0.25, -0.2) is 4.68 Å². The summed E-state index contributed by atoms with van der Waals surface area (Å²) >= 11 is 5.59. The summed E-state index contributed by atoms with van der Waals surface area (Å²) in [6.45, 7) is 7.50. The summed E-state index contributed by atoms with van der Waals surface area (Å²) in [6.07, 6.45) is 7.92. The normalized spacial score (nSPS) is 15.4. The minimum Gasteiger partial charge on any atom is -0.296 e. The maximum Gasteiger partial charge on any atom is 0.199 e. The lowest BCUT2D eigenvalue weighted by molar-refractivity contribution is 0.253. The Morgan fingerprint density at radius 3 is 2.62 bits per heavy atom. The molecule has 2 aromatic rings. The zero-order chi connectivity index (χ0) is 14.7. The Kier molecular flexibility index (Phi) is 4.26. The van der Waals surface area contributed by atoms with E-state index < -0.39 is 0 Å². The number of rotatable bonds is 5. The molecule has 2 aromatic heterocycles. The van der Waals surface area contributed by atoms with E-state index in [1.165, 1.54) is 12.8 Å². The maximum atomic E-state index is 5.59. The van der Waals surface area contributed by atoms with Crippen LogP contribution >= 0.6 is 12.2 Å². The number of aromatic nitrogens is 4. The van der Waals surface area contributed by atoms with Gasteiger partial charge in [0.2, 0.25) is 0 Å². The van der Waals surface area contributed by atoms with E-state index in [1.807, 2.05) is 27.5 Å². The summed E-state index contributed by atoms with van der Waals surface area (Å²) in [4.78, 5) is 6.45. The molecule has 0 N–H and O–H groups in total. The van der Waals surface area contributed by atoms with Crippen LogP contribution in [0.1, 0.15) is 12.8 Å². The molecular weight excluding hydrogens is 282 g/mol. The quantitative estimate of drug-likeness (QED) is 0.629. The molecule has 1 saturated heterocycles. The fraction of sp³-hybridized carbons (Fsp3) is 0.400. The highest BCUT2D eigenvalue weighted by atomic mass is 32.1. The monoisotopic (exact) mass is 301 g/mol. The Bertz CT molecular complexity index is 667. The second-order valence-corrected chi connectivity index (χ2v) is 5.57. The number of hydrogen-bond acceptors (Lipinski definition) is 4. The van der Waals surface area contributed by atoms with Crippen molar-refractivity contribution in [2.45, 2.75) is 26.1 Å². The van der Waals surface area contributed by atoms with E-state index in [0.29, 0.717) is 6.54 Å². The number of likely N-dealkylation sites (tertiary alicyclic amines) is 1. The molecule has 0 saturated carbocycles. The van der Waals surface area contributed by atoms with Crippen molar-refractivity contribution in [1.82, 2.24) is 24.2 Å². The van der Waals surface area contributed by atoms with Crippen LogP contribution in [-0.4, -0.2) is 37.3 Å². The number of nitrogens with zero attached hydrogens (tertiary/aromatic N) is 5. The van der Waals surface area contributed by atoms with Gasteiger partial charge in [-0.05, 0) is 50.3 Å². The molecular formula is C15H19N5S. The molecule has 0 spiro atoms. The third-order valence-electron chi connectivity index (χ3n) is 3.71. The van der Waals surface area contributed by atoms with E-state index in [1.54, 1.807) is 12.4 Å². The first-order chi connectivity index (χ1) is 10.3. The molecule has 1 fully saturated rings. The Labute approximate surface area is 129 Å². The molecule has 0 bridgehead atoms. The van der Waals surface area contributed by atoms with Crippen molar-refractivity contribution in [1.29, 1.82) is 0 Å². The molecule has 0 aliphatic carbocycles. The Hall–Kier alpha value is -1.79. The van der Waals surface area contributed by atoms with Gasteiger partial charge in [0.1, 0.15) is 0 Å². The molecule has 21 heavy (non-hydrogen) atoms. The lowest BCUT2D eigenvalue weighted by Gasteiger charge is -2.13. The van der Waals surface area contributed by atoms with Crippen LogP contribution in [0.25, 0.3) is 11.4 Å². The fourth-order valence-electron chi connectivity index (χ4n) is 2.65. The molecule has 1 aliphatic heterocycles. The summed E-state index contributed by atoms with van der Waals surface area (Å²) < 4.78 is 4.68. The average molecular weight is 301 g/mol. The van der Waals surface area contributed by atoms with Crippen LogP contribution in [0.4, 0.5) is 0 Å². The lowest BCUT2D eigenvalue weighted by Crippen LogP contribution is -2.23. The molecule has 3 heterocycles. The predicted molar refractivity (Wildman–Crippen MR) is 85.3 cm³/mol. The van der Waals surface area contributed by atoms with Crippen LogP contribution in [0.15, 0.2) is 37.2 Å². The summed E-state index contributed by atoms with van der Waals surface area (Å²) in [5.41, 5.74) is 1.03. The molecule has 3 rings (SSSR count). The second kappa shape index (κ2) is 6.32. The highest BCUT2D eigenvalue weighted by Gasteiger charge is 2.16. The van der Waals surface area contributed by atoms with E-state index in [4.69, 9.17) is 17.3 Å². The molecule has 0 radical (unpaired) electrons. The van der Waals surface area contributed by atoms with E-state index in [-0.39, 0.29) is 0 Å². The van der Waals surface area contributed by atoms with Crippen LogP contribution in [-0.2, 0) is 13.2 Å². The number of hydrogen-bond donors (Lipinski definition) is 0. The third kappa shape index (κ3) is 2.96. The van der Waals surface area contributed by atoms with Crippen molar-refractivity contribution < 1.29 is 0 Å². The fourth-order valence-corrected chi connectivity index (χ4v) is 2.91. The van der Waals surface area contributed by atoms with Gasteiger partial charge in [0.15, 0.2) is 10.6 Å². The second-order valence-electron chi connectivity index (χ2n) is 5.21. The average Bonchev–Trinajstić information content (AvgIpc) is 3.12. The van der Waals surface area contributed by atoms with Gasteiger partial charge in [-0.3, -0.25) is 14.5 Å². The Morgan fingerprint density at radius 1 is 1.24 bits per heavy atom. The van der Waals surface area contributed by atoms with Gasteiger partial charge < -0.3 is 0 Å². The molecule has 0 amide bonds. The first kappa shape index (κ1) is 14.2. The number of pyridine rings is 1. The lowest BCUT2D eigenvalue weighted by atomic mass is 10.2. The van der Waals surface area contributed by atoms with E-state index in [0.717, 1.165) is 35.9 Å². The van der Waals surface area contributed by atoms with Gasteiger partial charge in [-0.15, -0.1) is 6.58 Å². The minimum absolute atomic E-state index is 0.663. The van der Waals surface area contributed by atoms with Gasteiger partial charge in [0.25, 0.3) is 0 Å². The van der Waals surface area contributed by atoms with E-state index in [2.05, 4.69) is 16.5 Å². The smallest absolute Gasteiger partial charge is 0.199 e. The van der Waals surface area contributed by atoms with Crippen LogP contribution in [0.2, 0.25) is 0 Å². The highest BCUT2D eigenvalue weighted by molar-refractivity contribution is 7.71. The Balaban J connectivity index is 1.98. The zero-order valence-corrected chi connectivity index (χ0v) is 12.8. The first-order valence-corrected chi connectivity index (χ1v) is 7.61. The molecule has 0 aromatic carbocycles. The van der Waals surface area contributed by atoms with Gasteiger partial charge in [-0.2, -0.15) is 5.10 Å². The maximum absolute atomic E-state index is 5.59. The van der Waals surface area contributed by atoms with Crippen molar-refractivity contribution in [2.24, 2.45) is 0 Å². The summed E-state index contributed by atoms with van der Waals surface area (Å²) in [5, 5.41) is 4.72. The molecule has 1 aliphatic rings. The van der Waals surface area contributed by atoms with E-state index >= 15 is 0 Å². The van der Waals surface area contributed by atoms with Crippen molar-refractivity contribution in [3.63, 3.8) is 0 Å². The predicted octanol–water partition coefficient (Wildman–Crippen LogP) is 2.72. The van der Waals surface area contributed by atoms with Gasteiger partial charge in [0, 0.05) is 24.5 Å². The van der Waals surface area contributed by atoms with Crippen LogP contribution in [0.3, 0.4) is 0 Å². The van der Waals surface area contributed by atoms with Crippen LogP contribution in [0, 0.1) is 4.77 Å². The van der Waals surface area contributed by atoms with Crippen molar-refractivity contribution in [3.8, 4) is 11.4 Å². The molecule has 6 heteroatoms. The summed E-state index contributed by atoms with van der Waals surface area (Å²) in [7, 11) is 0. The van der Waals surface area contributed by atoms with E-state index in [9.17, 15) is 0 Å². The van der Waals surface area contributed by atoms with Crippen LogP contribution in [0.5, 0.6) is 0 Å². The molecule has 0 unspecified atom stereocenters. The van der Waals surface area contributed by atoms with Crippen molar-refractivity contribution >= 4 is 12.2 Å². The molecule has 5 nitrogen and oxygen atoms in total. The number of allylic oxidation sites excluding steroid dienone is 1. The van der Waals surface area contributed by atoms with Crippen molar-refractivity contribution in [3.05, 3.63) is 42.0 Å². The minimum atomic E-state index is 0.663. The standard InChI is InChI=1S/C15H19N5S/c1-2-9-19-14(13-5-7-16-8-6-13)17-20(15(19)21)12-18-10-3-4-11-18/h2,5-8H,1,3-4,9-12H2. The van der Waals surface area contributed by atoms with Gasteiger partial charge in [-0.1, -0.05) is 6.08 Å². The van der Waals surface area contributed by atoms with Gasteiger partial charge >= 0.3 is 0 Å².